The van der Waals surface area contributed by atoms with E-state index in [0.717, 1.165) is 6.33 Å². The number of ether oxygens (including phenoxy) is 2. The number of nitrogens with two attached hydrogens (primary N) is 2. The van der Waals surface area contributed by atoms with Gasteiger partial charge in [-0.1, -0.05) is 0 Å². The molecule has 0 spiro atoms. The highest BCUT2D eigenvalue weighted by molar-refractivity contribution is 8.07. The number of pyridine rings is 1. The molecule has 46 heavy (non-hydrogen) atoms. The van der Waals surface area contributed by atoms with E-state index < -0.39 is 88.4 Å². The number of aromatic amines is 1. The summed E-state index contributed by atoms with van der Waals surface area (Å²) >= 11 is 5.24. The molecule has 2 bridgehead atoms. The van der Waals surface area contributed by atoms with Crippen molar-refractivity contribution in [3.63, 3.8) is 0 Å². The Labute approximate surface area is 262 Å². The summed E-state index contributed by atoms with van der Waals surface area (Å²) in [4.78, 5) is 52.7. The SMILES string of the molecule is Nc1nc2c(ncn2[C@@H]2O[C@@H]3COP(=O)(O)OC4C(O)[C@H](c5cncc6c5NC=NC6N)O[C@@H]4COP(O)(=S)OC2C3O)c(=O)[nH]1. The predicted octanol–water partition coefficient (Wildman–Crippen LogP) is -1.60. The minimum atomic E-state index is -5.01. The van der Waals surface area contributed by atoms with Gasteiger partial charge in [-0.05, 0) is 11.8 Å². The van der Waals surface area contributed by atoms with Gasteiger partial charge in [0.2, 0.25) is 5.95 Å². The third kappa shape index (κ3) is 5.69. The molecular formula is C22H27N9O12P2S. The van der Waals surface area contributed by atoms with Gasteiger partial charge in [0.25, 0.3) is 5.56 Å². The summed E-state index contributed by atoms with van der Waals surface area (Å²) in [6.45, 7) is -5.62. The van der Waals surface area contributed by atoms with Crippen molar-refractivity contribution in [1.29, 1.82) is 0 Å². The fourth-order valence-corrected chi connectivity index (χ4v) is 8.03. The van der Waals surface area contributed by atoms with Crippen LogP contribution >= 0.6 is 14.5 Å². The van der Waals surface area contributed by atoms with Gasteiger partial charge in [0.05, 0.1) is 31.6 Å². The van der Waals surface area contributed by atoms with Crippen LogP contribution in [0.1, 0.15) is 29.6 Å². The number of aliphatic hydroxyl groups is 2. The molecular weight excluding hydrogens is 676 g/mol. The van der Waals surface area contributed by atoms with Gasteiger partial charge in [-0.2, -0.15) is 4.98 Å². The number of hydrogen-bond donors (Lipinski definition) is 8. The van der Waals surface area contributed by atoms with Gasteiger partial charge in [-0.25, -0.2) is 9.55 Å². The second-order valence-corrected chi connectivity index (χ2v) is 14.8. The normalized spacial score (nSPS) is 39.5. The Morgan fingerprint density at radius 1 is 1.04 bits per heavy atom. The predicted molar refractivity (Wildman–Crippen MR) is 157 cm³/mol. The Morgan fingerprint density at radius 3 is 2.61 bits per heavy atom. The smallest absolute Gasteiger partial charge is 0.387 e. The van der Waals surface area contributed by atoms with Crippen molar-refractivity contribution >= 4 is 55.5 Å². The first-order valence-electron chi connectivity index (χ1n) is 13.5. The van der Waals surface area contributed by atoms with E-state index in [1.165, 1.54) is 23.3 Å². The summed E-state index contributed by atoms with van der Waals surface area (Å²) in [6, 6.07) is 0. The molecule has 0 saturated carbocycles. The van der Waals surface area contributed by atoms with E-state index in [2.05, 4.69) is 30.2 Å². The van der Waals surface area contributed by atoms with E-state index in [-0.39, 0.29) is 17.1 Å². The van der Waals surface area contributed by atoms with Crippen molar-refractivity contribution in [3.8, 4) is 0 Å². The van der Waals surface area contributed by atoms with Gasteiger partial charge in [0.15, 0.2) is 17.4 Å². The highest BCUT2D eigenvalue weighted by Crippen LogP contribution is 2.54. The maximum atomic E-state index is 13.2. The van der Waals surface area contributed by atoms with Gasteiger partial charge in [-0.3, -0.25) is 37.9 Å². The zero-order valence-electron chi connectivity index (χ0n) is 23.2. The quantitative estimate of drug-likeness (QED) is 0.139. The molecule has 0 aliphatic carbocycles. The second kappa shape index (κ2) is 11.7. The third-order valence-corrected chi connectivity index (χ3v) is 10.3. The van der Waals surface area contributed by atoms with Crippen molar-refractivity contribution in [1.82, 2.24) is 24.5 Å². The highest BCUT2D eigenvalue weighted by atomic mass is 32.5. The number of aliphatic imine (C=N–C) groups is 1. The lowest BCUT2D eigenvalue weighted by molar-refractivity contribution is -0.0607. The first-order valence-corrected chi connectivity index (χ1v) is 17.6. The van der Waals surface area contributed by atoms with Crippen molar-refractivity contribution < 1.29 is 52.1 Å². The minimum Gasteiger partial charge on any atom is -0.387 e. The number of imidazole rings is 1. The van der Waals surface area contributed by atoms with Gasteiger partial charge in [-0.15, -0.1) is 0 Å². The second-order valence-electron chi connectivity index (χ2n) is 10.6. The Morgan fingerprint density at radius 2 is 1.80 bits per heavy atom. The lowest BCUT2D eigenvalue weighted by Crippen LogP contribution is -2.36. The summed E-state index contributed by atoms with van der Waals surface area (Å²) in [5.74, 6) is -0.239. The van der Waals surface area contributed by atoms with Gasteiger partial charge < -0.3 is 50.8 Å². The number of nitrogens with zero attached hydrogens (tertiary/aromatic N) is 5. The molecule has 4 aliphatic heterocycles. The van der Waals surface area contributed by atoms with Crippen molar-refractivity contribution in [2.45, 2.75) is 55.1 Å². The fourth-order valence-electron chi connectivity index (χ4n) is 5.65. The Balaban J connectivity index is 1.20. The number of nitrogens with one attached hydrogen (secondary N) is 2. The number of rotatable bonds is 2. The molecule has 3 saturated heterocycles. The number of aliphatic hydroxyl groups excluding tert-OH is 2. The molecule has 24 heteroatoms. The van der Waals surface area contributed by atoms with Crippen LogP contribution in [0.4, 0.5) is 11.6 Å². The zero-order chi connectivity index (χ0) is 32.5. The number of phosphoric acid groups is 1. The molecule has 7 heterocycles. The van der Waals surface area contributed by atoms with Gasteiger partial charge >= 0.3 is 14.5 Å². The molecule has 248 valence electrons. The van der Waals surface area contributed by atoms with Crippen molar-refractivity contribution in [2.75, 3.05) is 24.3 Å². The molecule has 4 aliphatic rings. The number of hydrogen-bond acceptors (Lipinski definition) is 18. The highest BCUT2D eigenvalue weighted by Gasteiger charge is 2.53. The molecule has 7 rings (SSSR count). The number of anilines is 2. The van der Waals surface area contributed by atoms with Crippen LogP contribution in [0.2, 0.25) is 0 Å². The summed E-state index contributed by atoms with van der Waals surface area (Å²) in [6.07, 6.45) is -6.83. The Hall–Kier alpha value is -2.79. The molecule has 21 nitrogen and oxygen atoms in total. The maximum Gasteiger partial charge on any atom is 0.472 e. The van der Waals surface area contributed by atoms with E-state index in [0.29, 0.717) is 16.8 Å². The molecule has 3 aromatic heterocycles. The van der Waals surface area contributed by atoms with Crippen LogP contribution in [-0.4, -0.2) is 101 Å². The Bertz CT molecular complexity index is 1860. The van der Waals surface area contributed by atoms with Crippen LogP contribution < -0.4 is 22.3 Å². The first-order chi connectivity index (χ1) is 21.8. The van der Waals surface area contributed by atoms with Crippen LogP contribution in [0, 0.1) is 0 Å². The average Bonchev–Trinajstić information content (AvgIpc) is 3.64. The fraction of sp³-hybridized carbons (Fsp3) is 0.500. The lowest BCUT2D eigenvalue weighted by Gasteiger charge is -2.27. The number of phosphoric ester groups is 1. The Kier molecular flexibility index (Phi) is 8.10. The van der Waals surface area contributed by atoms with E-state index >= 15 is 0 Å². The van der Waals surface area contributed by atoms with E-state index in [1.807, 2.05) is 0 Å². The number of aromatic nitrogens is 5. The van der Waals surface area contributed by atoms with Gasteiger partial charge in [0.1, 0.15) is 48.9 Å². The molecule has 0 radical (unpaired) electrons. The molecule has 7 unspecified atom stereocenters. The summed E-state index contributed by atoms with van der Waals surface area (Å²) in [5, 5.41) is 25.4. The summed E-state index contributed by atoms with van der Waals surface area (Å²) in [5.41, 5.74) is 12.2. The minimum absolute atomic E-state index is 0.0559. The third-order valence-electron chi connectivity index (χ3n) is 7.76. The molecule has 3 aromatic rings. The first kappa shape index (κ1) is 31.8. The largest absolute Gasteiger partial charge is 0.472 e. The average molecular weight is 704 g/mol. The molecule has 0 amide bonds. The van der Waals surface area contributed by atoms with Crippen molar-refractivity contribution in [3.05, 3.63) is 40.2 Å². The lowest BCUT2D eigenvalue weighted by atomic mass is 9.98. The van der Waals surface area contributed by atoms with E-state index in [4.69, 9.17) is 50.8 Å². The number of fused-ring (bicyclic) bond motifs is 5. The molecule has 10 N–H and O–H groups in total. The summed E-state index contributed by atoms with van der Waals surface area (Å²) in [7, 11) is -5.01. The zero-order valence-corrected chi connectivity index (χ0v) is 25.8. The number of H-pyrrole nitrogens is 1. The monoisotopic (exact) mass is 703 g/mol. The standard InChI is InChI=1S/C22H27N9O12P2S/c23-18-8-2-25-1-7(11(8)26-5-27-18)15-14(33)16-10(40-15)4-39-45(37,46)43-17-13(32)9(3-38-44(35,36)42-16)41-21(17)31-6-28-12-19(31)29-22(24)30-20(12)34/h1-2,5-6,9-10,13-18,21,32-33H,3-4,23H2,(H,26,27)(H,35,36)(H,37,46)(H3,24,29,30,34)/t9-,10-,13?,14?,15+,16?,17?,18?,21-,45?/m1/s1. The molecule has 3 fully saturated rings. The number of nitrogen functional groups attached to an aromatic ring is 1. The van der Waals surface area contributed by atoms with Crippen LogP contribution in [0.25, 0.3) is 11.2 Å². The molecule has 0 aromatic carbocycles. The van der Waals surface area contributed by atoms with Crippen LogP contribution in [0.3, 0.4) is 0 Å². The van der Waals surface area contributed by atoms with Crippen LogP contribution in [0.5, 0.6) is 0 Å². The van der Waals surface area contributed by atoms with Crippen LogP contribution in [0.15, 0.2) is 28.5 Å². The summed E-state index contributed by atoms with van der Waals surface area (Å²) < 4.78 is 48.1. The molecule has 11 atom stereocenters. The maximum absolute atomic E-state index is 13.2. The van der Waals surface area contributed by atoms with Crippen LogP contribution in [-0.2, 0) is 43.9 Å². The van der Waals surface area contributed by atoms with Crippen molar-refractivity contribution in [2.24, 2.45) is 10.7 Å². The topological polar surface area (TPSA) is 306 Å². The van der Waals surface area contributed by atoms with E-state index in [9.17, 15) is 29.4 Å². The van der Waals surface area contributed by atoms with E-state index in [1.54, 1.807) is 0 Å². The van der Waals surface area contributed by atoms with Gasteiger partial charge in [0, 0.05) is 23.5 Å².